The second-order valence-electron chi connectivity index (χ2n) is 4.00. The molecule has 0 unspecified atom stereocenters. The van der Waals surface area contributed by atoms with Crippen molar-refractivity contribution in [1.29, 1.82) is 0 Å². The molecule has 18 heavy (non-hydrogen) atoms. The van der Waals surface area contributed by atoms with Gasteiger partial charge in [0.2, 0.25) is 5.91 Å². The second kappa shape index (κ2) is 4.87. The van der Waals surface area contributed by atoms with Gasteiger partial charge in [0, 0.05) is 5.56 Å². The van der Waals surface area contributed by atoms with Crippen molar-refractivity contribution >= 4 is 5.91 Å². The van der Waals surface area contributed by atoms with Crippen LogP contribution in [0.1, 0.15) is 5.56 Å². The molecule has 0 atom stereocenters. The van der Waals surface area contributed by atoms with Crippen LogP contribution in [0.3, 0.4) is 0 Å². The molecule has 0 bridgehead atoms. The van der Waals surface area contributed by atoms with Crippen molar-refractivity contribution in [3.05, 3.63) is 53.8 Å². The number of hydrogen-bond donors (Lipinski definition) is 2. The Morgan fingerprint density at radius 2 is 2.00 bits per heavy atom. The topological polar surface area (TPSA) is 63.3 Å². The third-order valence-corrected chi connectivity index (χ3v) is 2.57. The summed E-state index contributed by atoms with van der Waals surface area (Å²) in [5, 5.41) is 9.77. The molecule has 0 spiro atoms. The summed E-state index contributed by atoms with van der Waals surface area (Å²) in [4.78, 5) is 10.9. The molecule has 0 saturated heterocycles. The van der Waals surface area contributed by atoms with Crippen LogP contribution in [0.5, 0.6) is 5.75 Å². The average molecular weight is 245 g/mol. The first-order valence-electron chi connectivity index (χ1n) is 5.42. The monoisotopic (exact) mass is 245 g/mol. The Hall–Kier alpha value is -2.36. The fourth-order valence-corrected chi connectivity index (χ4v) is 1.78. The van der Waals surface area contributed by atoms with E-state index in [4.69, 9.17) is 5.73 Å². The van der Waals surface area contributed by atoms with E-state index >= 15 is 0 Å². The van der Waals surface area contributed by atoms with E-state index in [1.165, 1.54) is 18.2 Å². The molecule has 0 aliphatic heterocycles. The van der Waals surface area contributed by atoms with Crippen LogP contribution in [0.15, 0.2) is 42.5 Å². The van der Waals surface area contributed by atoms with Crippen LogP contribution in [0.2, 0.25) is 0 Å². The number of primary amides is 1. The van der Waals surface area contributed by atoms with Crippen LogP contribution in [0.4, 0.5) is 4.39 Å². The molecule has 92 valence electrons. The number of halogens is 1. The van der Waals surface area contributed by atoms with E-state index in [0.717, 1.165) is 0 Å². The van der Waals surface area contributed by atoms with Crippen molar-refractivity contribution in [1.82, 2.24) is 0 Å². The molecule has 0 aromatic heterocycles. The van der Waals surface area contributed by atoms with Crippen LogP contribution in [-0.4, -0.2) is 11.0 Å². The van der Waals surface area contributed by atoms with Crippen LogP contribution in [-0.2, 0) is 11.2 Å². The molecular weight excluding hydrogens is 233 g/mol. The lowest BCUT2D eigenvalue weighted by molar-refractivity contribution is -0.117. The van der Waals surface area contributed by atoms with Crippen LogP contribution < -0.4 is 5.73 Å². The fraction of sp³-hybridized carbons (Fsp3) is 0.0714. The van der Waals surface area contributed by atoms with Crippen LogP contribution >= 0.6 is 0 Å². The normalized spacial score (nSPS) is 10.3. The zero-order chi connectivity index (χ0) is 13.1. The number of aromatic hydroxyl groups is 1. The fourth-order valence-electron chi connectivity index (χ4n) is 1.78. The van der Waals surface area contributed by atoms with E-state index < -0.39 is 5.91 Å². The molecule has 2 aromatic carbocycles. The Morgan fingerprint density at radius 1 is 1.22 bits per heavy atom. The summed E-state index contributed by atoms with van der Waals surface area (Å²) in [7, 11) is 0. The number of rotatable bonds is 3. The molecule has 0 fully saturated rings. The Balaban J connectivity index is 2.46. The van der Waals surface area contributed by atoms with Crippen molar-refractivity contribution in [2.45, 2.75) is 6.42 Å². The predicted molar refractivity (Wildman–Crippen MR) is 66.4 cm³/mol. The first-order valence-corrected chi connectivity index (χ1v) is 5.42. The van der Waals surface area contributed by atoms with Gasteiger partial charge in [-0.05, 0) is 35.4 Å². The van der Waals surface area contributed by atoms with Gasteiger partial charge in [-0.3, -0.25) is 4.79 Å². The van der Waals surface area contributed by atoms with Crippen molar-refractivity contribution in [2.24, 2.45) is 5.73 Å². The summed E-state index contributed by atoms with van der Waals surface area (Å²) < 4.78 is 13.1. The minimum atomic E-state index is -0.453. The molecule has 1 amide bonds. The molecule has 3 N–H and O–H groups in total. The third-order valence-electron chi connectivity index (χ3n) is 2.57. The molecule has 2 aromatic rings. The van der Waals surface area contributed by atoms with Crippen molar-refractivity contribution in [3.63, 3.8) is 0 Å². The zero-order valence-corrected chi connectivity index (χ0v) is 9.56. The molecule has 0 saturated carbocycles. The van der Waals surface area contributed by atoms with E-state index in [2.05, 4.69) is 0 Å². The third kappa shape index (κ3) is 2.66. The summed E-state index contributed by atoms with van der Waals surface area (Å²) in [5.41, 5.74) is 6.83. The highest BCUT2D eigenvalue weighted by Crippen LogP contribution is 2.30. The van der Waals surface area contributed by atoms with Gasteiger partial charge in [0.05, 0.1) is 6.42 Å². The summed E-state index contributed by atoms with van der Waals surface area (Å²) in [6, 6.07) is 10.6. The number of hydrogen-bond acceptors (Lipinski definition) is 2. The molecule has 4 heteroatoms. The van der Waals surface area contributed by atoms with E-state index in [1.54, 1.807) is 24.3 Å². The molecular formula is C14H12FNO2. The maximum Gasteiger partial charge on any atom is 0.221 e. The maximum atomic E-state index is 13.1. The second-order valence-corrected chi connectivity index (χ2v) is 4.00. The summed E-state index contributed by atoms with van der Waals surface area (Å²) in [6.45, 7) is 0. The Bertz CT molecular complexity index is 596. The number of amides is 1. The summed E-state index contributed by atoms with van der Waals surface area (Å²) in [6.07, 6.45) is 0.0859. The van der Waals surface area contributed by atoms with Gasteiger partial charge >= 0.3 is 0 Å². The lowest BCUT2D eigenvalue weighted by Gasteiger charge is -2.07. The van der Waals surface area contributed by atoms with Crippen molar-refractivity contribution < 1.29 is 14.3 Å². The van der Waals surface area contributed by atoms with Crippen molar-refractivity contribution in [3.8, 4) is 16.9 Å². The van der Waals surface area contributed by atoms with Crippen molar-refractivity contribution in [2.75, 3.05) is 0 Å². The molecule has 0 radical (unpaired) electrons. The number of carbonyl (C=O) groups excluding carboxylic acids is 1. The standard InChI is InChI=1S/C14H12FNO2/c15-11-3-1-2-10(8-11)12-6-9(7-14(16)18)4-5-13(12)17/h1-6,8,17H,7H2,(H2,16,18). The molecule has 3 nitrogen and oxygen atoms in total. The molecule has 0 aliphatic carbocycles. The van der Waals surface area contributed by atoms with E-state index in [1.807, 2.05) is 0 Å². The first-order chi connectivity index (χ1) is 8.56. The summed E-state index contributed by atoms with van der Waals surface area (Å²) in [5.74, 6) is -0.799. The maximum absolute atomic E-state index is 13.1. The summed E-state index contributed by atoms with van der Waals surface area (Å²) >= 11 is 0. The van der Waals surface area contributed by atoms with Gasteiger partial charge in [-0.2, -0.15) is 0 Å². The van der Waals surface area contributed by atoms with Gasteiger partial charge in [-0.25, -0.2) is 4.39 Å². The SMILES string of the molecule is NC(=O)Cc1ccc(O)c(-c2cccc(F)c2)c1. The first kappa shape index (κ1) is 12.1. The number of benzene rings is 2. The highest BCUT2D eigenvalue weighted by Gasteiger charge is 2.07. The molecule has 0 aliphatic rings. The number of carbonyl (C=O) groups is 1. The quantitative estimate of drug-likeness (QED) is 0.870. The smallest absolute Gasteiger partial charge is 0.221 e. The van der Waals surface area contributed by atoms with Crippen LogP contribution in [0.25, 0.3) is 11.1 Å². The number of nitrogens with two attached hydrogens (primary N) is 1. The average Bonchev–Trinajstić information content (AvgIpc) is 2.31. The highest BCUT2D eigenvalue weighted by atomic mass is 19.1. The highest BCUT2D eigenvalue weighted by molar-refractivity contribution is 5.78. The predicted octanol–water partition coefficient (Wildman–Crippen LogP) is 2.23. The van der Waals surface area contributed by atoms with E-state index in [0.29, 0.717) is 16.7 Å². The Morgan fingerprint density at radius 3 is 2.67 bits per heavy atom. The van der Waals surface area contributed by atoms with Gasteiger partial charge in [0.1, 0.15) is 11.6 Å². The number of phenols is 1. The van der Waals surface area contributed by atoms with Gasteiger partial charge in [0.15, 0.2) is 0 Å². The lowest BCUT2D eigenvalue weighted by atomic mass is 10.0. The van der Waals surface area contributed by atoms with Gasteiger partial charge < -0.3 is 10.8 Å². The van der Waals surface area contributed by atoms with Gasteiger partial charge in [-0.1, -0.05) is 18.2 Å². The van der Waals surface area contributed by atoms with E-state index in [-0.39, 0.29) is 18.0 Å². The molecule has 0 heterocycles. The Kier molecular flexibility index (Phi) is 3.28. The van der Waals surface area contributed by atoms with E-state index in [9.17, 15) is 14.3 Å². The minimum absolute atomic E-state index is 0.0359. The van der Waals surface area contributed by atoms with Crippen LogP contribution in [0, 0.1) is 5.82 Å². The Labute approximate surface area is 104 Å². The van der Waals surface area contributed by atoms with Gasteiger partial charge in [0.25, 0.3) is 0 Å². The largest absolute Gasteiger partial charge is 0.507 e. The molecule has 2 rings (SSSR count). The zero-order valence-electron chi connectivity index (χ0n) is 9.56. The minimum Gasteiger partial charge on any atom is -0.507 e. The lowest BCUT2D eigenvalue weighted by Crippen LogP contribution is -2.13. The van der Waals surface area contributed by atoms with Gasteiger partial charge in [-0.15, -0.1) is 0 Å². The number of phenolic OH excluding ortho intramolecular Hbond substituents is 1.